The second-order valence-electron chi connectivity index (χ2n) is 4.63. The zero-order valence-electron chi connectivity index (χ0n) is 11.3. The summed E-state index contributed by atoms with van der Waals surface area (Å²) >= 11 is 0. The molecule has 0 spiro atoms. The molecule has 4 nitrogen and oxygen atoms in total. The zero-order chi connectivity index (χ0) is 13.8. The fourth-order valence-corrected chi connectivity index (χ4v) is 2.58. The van der Waals surface area contributed by atoms with Crippen LogP contribution in [-0.2, 0) is 16.4 Å². The van der Waals surface area contributed by atoms with Gasteiger partial charge in [0.25, 0.3) is 0 Å². The molecule has 102 valence electrons. The van der Waals surface area contributed by atoms with Gasteiger partial charge in [0.2, 0.25) is 10.0 Å². The number of ether oxygens (including phenoxy) is 1. The highest BCUT2D eigenvalue weighted by atomic mass is 32.2. The molecule has 0 bridgehead atoms. The van der Waals surface area contributed by atoms with Crippen molar-refractivity contribution in [2.75, 3.05) is 7.11 Å². The molecule has 0 unspecified atom stereocenters. The van der Waals surface area contributed by atoms with Crippen LogP contribution >= 0.6 is 0 Å². The number of nitrogens with one attached hydrogen (secondary N) is 1. The molecule has 1 aromatic rings. The highest BCUT2D eigenvalue weighted by molar-refractivity contribution is 7.90. The Kier molecular flexibility index (Phi) is 5.16. The average molecular weight is 271 g/mol. The fraction of sp³-hybridized carbons (Fsp3) is 0.538. The molecule has 5 heteroatoms. The Morgan fingerprint density at radius 2 is 1.83 bits per heavy atom. The molecule has 0 fully saturated rings. The van der Waals surface area contributed by atoms with Crippen molar-refractivity contribution < 1.29 is 13.2 Å². The predicted octanol–water partition coefficient (Wildman–Crippen LogP) is 1.95. The van der Waals surface area contributed by atoms with E-state index in [4.69, 9.17) is 4.74 Å². The number of hydrogen-bond acceptors (Lipinski definition) is 3. The lowest BCUT2D eigenvalue weighted by atomic mass is 10.1. The van der Waals surface area contributed by atoms with Crippen molar-refractivity contribution in [3.05, 3.63) is 29.8 Å². The summed E-state index contributed by atoms with van der Waals surface area (Å²) in [5, 5.41) is -0.419. The first-order valence-electron chi connectivity index (χ1n) is 6.00. The van der Waals surface area contributed by atoms with Crippen molar-refractivity contribution in [2.45, 2.75) is 38.5 Å². The molecule has 18 heavy (non-hydrogen) atoms. The summed E-state index contributed by atoms with van der Waals surface area (Å²) in [6.45, 7) is 5.18. The van der Waals surface area contributed by atoms with E-state index in [0.717, 1.165) is 11.3 Å². The van der Waals surface area contributed by atoms with Gasteiger partial charge in [0.15, 0.2) is 0 Å². The molecule has 1 atom stereocenters. The number of hydrogen-bond donors (Lipinski definition) is 1. The molecule has 1 rings (SSSR count). The SMILES string of the molecule is COc1ccccc1C[C@H](C)NS(=O)(=O)C(C)C. The third-order valence-electron chi connectivity index (χ3n) is 2.70. The highest BCUT2D eigenvalue weighted by Crippen LogP contribution is 2.19. The summed E-state index contributed by atoms with van der Waals surface area (Å²) in [7, 11) is -1.62. The molecule has 0 saturated carbocycles. The molecule has 1 N–H and O–H groups in total. The van der Waals surface area contributed by atoms with Crippen LogP contribution in [-0.4, -0.2) is 26.8 Å². The van der Waals surface area contributed by atoms with Crippen LogP contribution in [0.1, 0.15) is 26.3 Å². The lowest BCUT2D eigenvalue weighted by Crippen LogP contribution is -2.38. The summed E-state index contributed by atoms with van der Waals surface area (Å²) in [4.78, 5) is 0. The van der Waals surface area contributed by atoms with Crippen LogP contribution in [0.4, 0.5) is 0 Å². The van der Waals surface area contributed by atoms with Crippen LogP contribution in [0, 0.1) is 0 Å². The van der Waals surface area contributed by atoms with E-state index in [1.54, 1.807) is 21.0 Å². The molecular weight excluding hydrogens is 250 g/mol. The average Bonchev–Trinajstić information content (AvgIpc) is 2.28. The van der Waals surface area contributed by atoms with Gasteiger partial charge in [0.1, 0.15) is 5.75 Å². The molecular formula is C13H21NO3S. The standard InChI is InChI=1S/C13H21NO3S/c1-10(2)18(15,16)14-11(3)9-12-7-5-6-8-13(12)17-4/h5-8,10-11,14H,9H2,1-4H3/t11-/m0/s1. The summed E-state index contributed by atoms with van der Waals surface area (Å²) in [6.07, 6.45) is 0.607. The second kappa shape index (κ2) is 6.20. The van der Waals surface area contributed by atoms with Crippen molar-refractivity contribution in [3.8, 4) is 5.75 Å². The fourth-order valence-electron chi connectivity index (χ4n) is 1.66. The van der Waals surface area contributed by atoms with E-state index in [2.05, 4.69) is 4.72 Å². The maximum atomic E-state index is 11.7. The molecule has 0 aromatic heterocycles. The Morgan fingerprint density at radius 1 is 1.22 bits per heavy atom. The van der Waals surface area contributed by atoms with Crippen molar-refractivity contribution in [3.63, 3.8) is 0 Å². The Morgan fingerprint density at radius 3 is 2.39 bits per heavy atom. The van der Waals surface area contributed by atoms with E-state index in [-0.39, 0.29) is 6.04 Å². The van der Waals surface area contributed by atoms with Crippen molar-refractivity contribution in [2.24, 2.45) is 0 Å². The normalized spacial score (nSPS) is 13.6. The van der Waals surface area contributed by atoms with Crippen LogP contribution in [0.2, 0.25) is 0 Å². The monoisotopic (exact) mass is 271 g/mol. The summed E-state index contributed by atoms with van der Waals surface area (Å²) in [5.74, 6) is 0.785. The van der Waals surface area contributed by atoms with Gasteiger partial charge < -0.3 is 4.74 Å². The van der Waals surface area contributed by atoms with Crippen LogP contribution in [0.15, 0.2) is 24.3 Å². The molecule has 0 saturated heterocycles. The van der Waals surface area contributed by atoms with Crippen molar-refractivity contribution in [1.82, 2.24) is 4.72 Å². The third-order valence-corrected chi connectivity index (χ3v) is 4.68. The van der Waals surface area contributed by atoms with Gasteiger partial charge in [-0.15, -0.1) is 0 Å². The molecule has 0 radical (unpaired) electrons. The van der Waals surface area contributed by atoms with Crippen molar-refractivity contribution in [1.29, 1.82) is 0 Å². The van der Waals surface area contributed by atoms with Crippen LogP contribution in [0.3, 0.4) is 0 Å². The van der Waals surface area contributed by atoms with E-state index in [0.29, 0.717) is 6.42 Å². The van der Waals surface area contributed by atoms with Crippen molar-refractivity contribution >= 4 is 10.0 Å². The van der Waals surface area contributed by atoms with E-state index < -0.39 is 15.3 Å². The van der Waals surface area contributed by atoms with E-state index in [9.17, 15) is 8.42 Å². The third kappa shape index (κ3) is 3.99. The molecule has 0 aliphatic heterocycles. The predicted molar refractivity (Wildman–Crippen MR) is 73.4 cm³/mol. The largest absolute Gasteiger partial charge is 0.496 e. The summed E-state index contributed by atoms with van der Waals surface area (Å²) < 4.78 is 31.4. The van der Waals surface area contributed by atoms with E-state index in [1.807, 2.05) is 31.2 Å². The first kappa shape index (κ1) is 15.0. The van der Waals surface area contributed by atoms with E-state index >= 15 is 0 Å². The minimum Gasteiger partial charge on any atom is -0.496 e. The topological polar surface area (TPSA) is 55.4 Å². The van der Waals surface area contributed by atoms with Gasteiger partial charge in [-0.05, 0) is 38.8 Å². The molecule has 0 heterocycles. The smallest absolute Gasteiger partial charge is 0.214 e. The Balaban J connectivity index is 2.74. The van der Waals surface area contributed by atoms with Gasteiger partial charge in [-0.1, -0.05) is 18.2 Å². The lowest BCUT2D eigenvalue weighted by molar-refractivity contribution is 0.407. The quantitative estimate of drug-likeness (QED) is 0.860. The molecule has 0 aliphatic carbocycles. The zero-order valence-corrected chi connectivity index (χ0v) is 12.1. The molecule has 0 aliphatic rings. The summed E-state index contributed by atoms with van der Waals surface area (Å²) in [6, 6.07) is 7.47. The maximum Gasteiger partial charge on any atom is 0.214 e. The highest BCUT2D eigenvalue weighted by Gasteiger charge is 2.19. The second-order valence-corrected chi connectivity index (χ2v) is 6.90. The van der Waals surface area contributed by atoms with Crippen LogP contribution < -0.4 is 9.46 Å². The maximum absolute atomic E-state index is 11.7. The van der Waals surface area contributed by atoms with Gasteiger partial charge in [-0.25, -0.2) is 13.1 Å². The number of para-hydroxylation sites is 1. The Bertz CT molecular complexity index is 483. The first-order valence-corrected chi connectivity index (χ1v) is 7.54. The van der Waals surface area contributed by atoms with Crippen LogP contribution in [0.5, 0.6) is 5.75 Å². The van der Waals surface area contributed by atoms with E-state index in [1.165, 1.54) is 0 Å². The number of benzene rings is 1. The first-order chi connectivity index (χ1) is 8.36. The van der Waals surface area contributed by atoms with Gasteiger partial charge in [0, 0.05) is 6.04 Å². The van der Waals surface area contributed by atoms with Gasteiger partial charge in [-0.3, -0.25) is 0 Å². The van der Waals surface area contributed by atoms with Gasteiger partial charge >= 0.3 is 0 Å². The van der Waals surface area contributed by atoms with Gasteiger partial charge in [0.05, 0.1) is 12.4 Å². The number of sulfonamides is 1. The Labute approximate surface area is 109 Å². The molecule has 0 amide bonds. The minimum absolute atomic E-state index is 0.159. The molecule has 1 aromatic carbocycles. The number of rotatable bonds is 6. The minimum atomic E-state index is -3.23. The lowest BCUT2D eigenvalue weighted by Gasteiger charge is -2.17. The Hall–Kier alpha value is -1.07. The van der Waals surface area contributed by atoms with Crippen LogP contribution in [0.25, 0.3) is 0 Å². The summed E-state index contributed by atoms with van der Waals surface area (Å²) in [5.41, 5.74) is 0.999. The number of methoxy groups -OCH3 is 1. The van der Waals surface area contributed by atoms with Gasteiger partial charge in [-0.2, -0.15) is 0 Å².